The third-order valence-corrected chi connectivity index (χ3v) is 9.08. The van der Waals surface area contributed by atoms with Gasteiger partial charge in [-0.3, -0.25) is 0 Å². The van der Waals surface area contributed by atoms with Gasteiger partial charge in [-0.05, 0) is 51.1 Å². The highest BCUT2D eigenvalue weighted by atomic mass is 16.5. The molecular formula is C48H35N3O. The van der Waals surface area contributed by atoms with E-state index in [9.17, 15) is 0 Å². The molecule has 0 spiro atoms. The van der Waals surface area contributed by atoms with E-state index in [0.29, 0.717) is 17.5 Å². The third kappa shape index (κ3) is 6.78. The molecule has 0 atom stereocenters. The molecule has 0 aliphatic heterocycles. The summed E-state index contributed by atoms with van der Waals surface area (Å²) in [6.45, 7) is 0. The second-order valence-electron chi connectivity index (χ2n) is 12.4. The van der Waals surface area contributed by atoms with Crippen molar-refractivity contribution in [3.05, 3.63) is 216 Å². The number of ether oxygens (including phenoxy) is 1. The second-order valence-corrected chi connectivity index (χ2v) is 12.4. The van der Waals surface area contributed by atoms with Crippen LogP contribution >= 0.6 is 0 Å². The first-order valence-electron chi connectivity index (χ1n) is 17.3. The van der Waals surface area contributed by atoms with E-state index in [-0.39, 0.29) is 0 Å². The van der Waals surface area contributed by atoms with Crippen molar-refractivity contribution in [1.82, 2.24) is 15.0 Å². The summed E-state index contributed by atoms with van der Waals surface area (Å²) in [7, 11) is 1.70. The molecule has 0 unspecified atom stereocenters. The highest BCUT2D eigenvalue weighted by molar-refractivity contribution is 6.04. The Balaban J connectivity index is 1.30. The Kier molecular flexibility index (Phi) is 9.26. The van der Waals surface area contributed by atoms with Crippen molar-refractivity contribution < 1.29 is 4.74 Å². The molecule has 0 fully saturated rings. The molecule has 0 radical (unpaired) electrons. The maximum absolute atomic E-state index is 5.63. The van der Waals surface area contributed by atoms with Crippen molar-refractivity contribution in [2.24, 2.45) is 0 Å². The molecule has 8 rings (SSSR count). The lowest BCUT2D eigenvalue weighted by Gasteiger charge is -2.18. The lowest BCUT2D eigenvalue weighted by atomic mass is 9.85. The van der Waals surface area contributed by atoms with Gasteiger partial charge >= 0.3 is 0 Å². The summed E-state index contributed by atoms with van der Waals surface area (Å²) in [5, 5.41) is 0. The maximum atomic E-state index is 5.63. The van der Waals surface area contributed by atoms with Crippen LogP contribution in [-0.2, 0) is 0 Å². The van der Waals surface area contributed by atoms with Crippen molar-refractivity contribution in [2.75, 3.05) is 7.11 Å². The van der Waals surface area contributed by atoms with Gasteiger partial charge in [0.15, 0.2) is 17.5 Å². The molecule has 0 aliphatic rings. The zero-order valence-corrected chi connectivity index (χ0v) is 28.7. The van der Waals surface area contributed by atoms with E-state index in [2.05, 4.69) is 146 Å². The predicted octanol–water partition coefficient (Wildman–Crippen LogP) is 11.6. The second kappa shape index (κ2) is 14.9. The lowest BCUT2D eigenvalue weighted by molar-refractivity contribution is 0.416. The number of hydrogen-bond donors (Lipinski definition) is 0. The fourth-order valence-corrected chi connectivity index (χ4v) is 6.57. The first-order chi connectivity index (χ1) is 25.7. The van der Waals surface area contributed by atoms with Crippen molar-refractivity contribution >= 4 is 11.1 Å². The minimum absolute atomic E-state index is 0.605. The van der Waals surface area contributed by atoms with Crippen molar-refractivity contribution in [3.8, 4) is 51.0 Å². The van der Waals surface area contributed by atoms with Gasteiger partial charge in [0.25, 0.3) is 0 Å². The number of nitrogens with zero attached hydrogens (tertiary/aromatic N) is 3. The predicted molar refractivity (Wildman–Crippen MR) is 212 cm³/mol. The molecule has 52 heavy (non-hydrogen) atoms. The van der Waals surface area contributed by atoms with Gasteiger partial charge in [0, 0.05) is 22.3 Å². The van der Waals surface area contributed by atoms with E-state index >= 15 is 0 Å². The molecule has 0 aliphatic carbocycles. The van der Waals surface area contributed by atoms with Crippen molar-refractivity contribution in [1.29, 1.82) is 0 Å². The Bertz CT molecular complexity index is 2420. The van der Waals surface area contributed by atoms with Crippen LogP contribution in [0.5, 0.6) is 5.75 Å². The van der Waals surface area contributed by atoms with Gasteiger partial charge in [0.05, 0.1) is 7.11 Å². The van der Waals surface area contributed by atoms with Crippen molar-refractivity contribution in [2.45, 2.75) is 0 Å². The smallest absolute Gasteiger partial charge is 0.164 e. The quantitative estimate of drug-likeness (QED) is 0.144. The maximum Gasteiger partial charge on any atom is 0.164 e. The minimum Gasteiger partial charge on any atom is -0.496 e. The molecular weight excluding hydrogens is 635 g/mol. The molecule has 1 aromatic heterocycles. The molecule has 1 heterocycles. The van der Waals surface area contributed by atoms with Crippen molar-refractivity contribution in [3.63, 3.8) is 0 Å². The molecule has 4 heteroatoms. The highest BCUT2D eigenvalue weighted by Gasteiger charge is 2.18. The summed E-state index contributed by atoms with van der Waals surface area (Å²) in [6.07, 6.45) is 0. The van der Waals surface area contributed by atoms with E-state index in [4.69, 9.17) is 19.7 Å². The Hall–Kier alpha value is -6.91. The van der Waals surface area contributed by atoms with E-state index in [1.165, 1.54) is 0 Å². The largest absolute Gasteiger partial charge is 0.496 e. The Morgan fingerprint density at radius 2 is 0.731 bits per heavy atom. The first kappa shape index (κ1) is 32.3. The van der Waals surface area contributed by atoms with Crippen LogP contribution in [0.4, 0.5) is 0 Å². The monoisotopic (exact) mass is 669 g/mol. The van der Waals surface area contributed by atoms with Gasteiger partial charge < -0.3 is 4.74 Å². The molecule has 0 saturated heterocycles. The minimum atomic E-state index is 0.605. The zero-order chi connectivity index (χ0) is 35.1. The fourth-order valence-electron chi connectivity index (χ4n) is 6.57. The van der Waals surface area contributed by atoms with E-state index < -0.39 is 0 Å². The molecule has 7 aromatic carbocycles. The number of aromatic nitrogens is 3. The summed E-state index contributed by atoms with van der Waals surface area (Å²) in [5.41, 5.74) is 11.6. The Morgan fingerprint density at radius 1 is 0.346 bits per heavy atom. The molecule has 0 saturated carbocycles. The zero-order valence-electron chi connectivity index (χ0n) is 28.7. The van der Waals surface area contributed by atoms with E-state index in [1.807, 2.05) is 48.5 Å². The number of rotatable bonds is 9. The number of para-hydroxylation sites is 1. The third-order valence-electron chi connectivity index (χ3n) is 9.08. The number of hydrogen-bond acceptors (Lipinski definition) is 4. The van der Waals surface area contributed by atoms with Crippen LogP contribution in [0.2, 0.25) is 0 Å². The van der Waals surface area contributed by atoms with Crippen LogP contribution in [0.3, 0.4) is 0 Å². The molecule has 248 valence electrons. The van der Waals surface area contributed by atoms with Crippen LogP contribution in [0.1, 0.15) is 22.3 Å². The van der Waals surface area contributed by atoms with Crippen LogP contribution in [0.15, 0.2) is 194 Å². The average Bonchev–Trinajstić information content (AvgIpc) is 3.24. The number of benzene rings is 7. The van der Waals surface area contributed by atoms with Gasteiger partial charge in [0.2, 0.25) is 0 Å². The van der Waals surface area contributed by atoms with Gasteiger partial charge in [-0.2, -0.15) is 0 Å². The Labute approximate surface area is 304 Å². The summed E-state index contributed by atoms with van der Waals surface area (Å²) in [4.78, 5) is 15.2. The van der Waals surface area contributed by atoms with Gasteiger partial charge in [-0.25, -0.2) is 15.0 Å². The number of methoxy groups -OCH3 is 1. The van der Waals surface area contributed by atoms with Crippen LogP contribution in [0.25, 0.3) is 56.4 Å². The summed E-state index contributed by atoms with van der Waals surface area (Å²) < 4.78 is 5.63. The molecule has 4 nitrogen and oxygen atoms in total. The van der Waals surface area contributed by atoms with Crippen LogP contribution < -0.4 is 4.74 Å². The summed E-state index contributed by atoms with van der Waals surface area (Å²) >= 11 is 0. The van der Waals surface area contributed by atoms with Gasteiger partial charge in [-0.15, -0.1) is 0 Å². The summed E-state index contributed by atoms with van der Waals surface area (Å²) in [6, 6.07) is 66.8. The topological polar surface area (TPSA) is 47.9 Å². The fraction of sp³-hybridized carbons (Fsp3) is 0.0208. The van der Waals surface area contributed by atoms with Crippen LogP contribution in [0, 0.1) is 0 Å². The van der Waals surface area contributed by atoms with Gasteiger partial charge in [0.1, 0.15) is 5.75 Å². The molecule has 0 N–H and O–H groups in total. The van der Waals surface area contributed by atoms with E-state index in [1.54, 1.807) is 7.11 Å². The molecule has 0 bridgehead atoms. The average molecular weight is 670 g/mol. The molecule has 0 amide bonds. The van der Waals surface area contributed by atoms with E-state index in [0.717, 1.165) is 67.0 Å². The standard InChI is InChI=1S/C48H35N3O/c1-52-43-28-15-14-27-42(43)34-29-31-39(32-30-34)47-49-46(38-23-12-5-13-24-38)50-48(51-47)41-26-16-25-40(33-41)45(37-21-10-4-11-22-37)44(35-17-6-2-7-18-35)36-19-8-3-9-20-36/h2-33H,1H3. The summed E-state index contributed by atoms with van der Waals surface area (Å²) in [5.74, 6) is 2.66. The first-order valence-corrected chi connectivity index (χ1v) is 17.3. The highest BCUT2D eigenvalue weighted by Crippen LogP contribution is 2.38. The van der Waals surface area contributed by atoms with Crippen LogP contribution in [-0.4, -0.2) is 22.1 Å². The normalized spacial score (nSPS) is 10.8. The molecule has 8 aromatic rings. The Morgan fingerprint density at radius 3 is 1.27 bits per heavy atom. The lowest BCUT2D eigenvalue weighted by Crippen LogP contribution is -2.01. The SMILES string of the molecule is COc1ccccc1-c1ccc(-c2nc(-c3ccccc3)nc(-c3cccc(C(=C(c4ccccc4)c4ccccc4)c4ccccc4)c3)n2)cc1. The van der Waals surface area contributed by atoms with Gasteiger partial charge in [-0.1, -0.05) is 182 Å².